The van der Waals surface area contributed by atoms with Gasteiger partial charge >= 0.3 is 0 Å². The number of rotatable bonds is 4. The molecule has 2 aromatic heterocycles. The molecule has 4 rings (SSSR count). The fraction of sp³-hybridized carbons (Fsp3) is 0.526. The second-order valence-corrected chi connectivity index (χ2v) is 6.84. The SMILES string of the molecule is O=C(C1CCCO1)N1CCC(c2nccn2Cc2ccccn2)CC1. The lowest BCUT2D eigenvalue weighted by Gasteiger charge is -2.33. The lowest BCUT2D eigenvalue weighted by molar-refractivity contribution is -0.142. The number of amides is 1. The first-order valence-electron chi connectivity index (χ1n) is 9.12. The molecule has 25 heavy (non-hydrogen) atoms. The number of piperidine rings is 1. The number of likely N-dealkylation sites (tertiary alicyclic amines) is 1. The first-order chi connectivity index (χ1) is 12.3. The Kier molecular flexibility index (Phi) is 4.78. The zero-order valence-electron chi connectivity index (χ0n) is 14.4. The molecule has 0 aliphatic carbocycles. The van der Waals surface area contributed by atoms with E-state index in [2.05, 4.69) is 14.5 Å². The molecule has 1 unspecified atom stereocenters. The Bertz CT molecular complexity index is 701. The molecular formula is C19H24N4O2. The minimum Gasteiger partial charge on any atom is -0.368 e. The van der Waals surface area contributed by atoms with Crippen LogP contribution in [-0.2, 0) is 16.1 Å². The van der Waals surface area contributed by atoms with Crippen LogP contribution in [0.15, 0.2) is 36.8 Å². The number of pyridine rings is 1. The molecule has 2 aliphatic heterocycles. The van der Waals surface area contributed by atoms with Gasteiger partial charge in [0.25, 0.3) is 5.91 Å². The Morgan fingerprint density at radius 2 is 2.04 bits per heavy atom. The molecule has 6 heteroatoms. The molecule has 0 saturated carbocycles. The number of hydrogen-bond donors (Lipinski definition) is 0. The molecule has 2 aromatic rings. The van der Waals surface area contributed by atoms with E-state index in [4.69, 9.17) is 4.74 Å². The van der Waals surface area contributed by atoms with E-state index in [-0.39, 0.29) is 12.0 Å². The molecule has 2 fully saturated rings. The van der Waals surface area contributed by atoms with Gasteiger partial charge in [-0.1, -0.05) is 6.07 Å². The zero-order valence-corrected chi connectivity index (χ0v) is 14.4. The number of carbonyl (C=O) groups is 1. The van der Waals surface area contributed by atoms with Crippen molar-refractivity contribution in [2.24, 2.45) is 0 Å². The summed E-state index contributed by atoms with van der Waals surface area (Å²) in [6.07, 6.45) is 9.28. The van der Waals surface area contributed by atoms with E-state index in [0.717, 1.165) is 63.4 Å². The molecule has 2 saturated heterocycles. The van der Waals surface area contributed by atoms with Gasteiger partial charge in [-0.3, -0.25) is 9.78 Å². The minimum atomic E-state index is -0.206. The van der Waals surface area contributed by atoms with Crippen molar-refractivity contribution in [1.29, 1.82) is 0 Å². The average Bonchev–Trinajstić information content (AvgIpc) is 3.34. The van der Waals surface area contributed by atoms with E-state index < -0.39 is 0 Å². The van der Waals surface area contributed by atoms with Gasteiger partial charge in [0.1, 0.15) is 11.9 Å². The van der Waals surface area contributed by atoms with Gasteiger partial charge in [0.2, 0.25) is 0 Å². The van der Waals surface area contributed by atoms with Gasteiger partial charge in [-0.25, -0.2) is 4.98 Å². The average molecular weight is 340 g/mol. The van der Waals surface area contributed by atoms with Crippen molar-refractivity contribution in [3.05, 3.63) is 48.3 Å². The van der Waals surface area contributed by atoms with Crippen LogP contribution >= 0.6 is 0 Å². The van der Waals surface area contributed by atoms with E-state index in [1.165, 1.54) is 0 Å². The molecule has 4 heterocycles. The Hall–Kier alpha value is -2.21. The van der Waals surface area contributed by atoms with Crippen LogP contribution in [0, 0.1) is 0 Å². The molecule has 6 nitrogen and oxygen atoms in total. The van der Waals surface area contributed by atoms with Gasteiger partial charge in [0.05, 0.1) is 12.2 Å². The standard InChI is InChI=1S/C19H24N4O2/c24-19(17-5-3-13-25-17)22-10-6-15(7-11-22)18-21-9-12-23(18)14-16-4-1-2-8-20-16/h1-2,4,8-9,12,15,17H,3,5-7,10-11,13-14H2. The maximum absolute atomic E-state index is 12.5. The van der Waals surface area contributed by atoms with Crippen molar-refractivity contribution in [2.45, 2.75) is 44.2 Å². The first kappa shape index (κ1) is 16.3. The highest BCUT2D eigenvalue weighted by Crippen LogP contribution is 2.28. The second kappa shape index (κ2) is 7.35. The third kappa shape index (κ3) is 3.58. The van der Waals surface area contributed by atoms with Crippen LogP contribution in [0.25, 0.3) is 0 Å². The highest BCUT2D eigenvalue weighted by molar-refractivity contribution is 5.81. The fourth-order valence-electron chi connectivity index (χ4n) is 3.81. The maximum Gasteiger partial charge on any atom is 0.251 e. The van der Waals surface area contributed by atoms with Gasteiger partial charge in [-0.2, -0.15) is 0 Å². The first-order valence-corrected chi connectivity index (χ1v) is 9.12. The van der Waals surface area contributed by atoms with E-state index in [1.54, 1.807) is 0 Å². The van der Waals surface area contributed by atoms with E-state index >= 15 is 0 Å². The molecule has 1 amide bonds. The van der Waals surface area contributed by atoms with Crippen molar-refractivity contribution in [3.63, 3.8) is 0 Å². The number of hydrogen-bond acceptors (Lipinski definition) is 4. The molecular weight excluding hydrogens is 316 g/mol. The summed E-state index contributed by atoms with van der Waals surface area (Å²) in [7, 11) is 0. The van der Waals surface area contributed by atoms with Gasteiger partial charge in [-0.15, -0.1) is 0 Å². The molecule has 1 atom stereocenters. The summed E-state index contributed by atoms with van der Waals surface area (Å²) >= 11 is 0. The molecule has 0 radical (unpaired) electrons. The molecule has 132 valence electrons. The topological polar surface area (TPSA) is 60.2 Å². The lowest BCUT2D eigenvalue weighted by atomic mass is 9.95. The van der Waals surface area contributed by atoms with Crippen molar-refractivity contribution in [2.75, 3.05) is 19.7 Å². The Labute approximate surface area is 147 Å². The number of nitrogens with zero attached hydrogens (tertiary/aromatic N) is 4. The summed E-state index contributed by atoms with van der Waals surface area (Å²) in [6, 6.07) is 5.97. The lowest BCUT2D eigenvalue weighted by Crippen LogP contribution is -2.43. The Balaban J connectivity index is 1.38. The van der Waals surface area contributed by atoms with E-state index in [0.29, 0.717) is 5.92 Å². The minimum absolute atomic E-state index is 0.174. The third-order valence-corrected chi connectivity index (χ3v) is 5.18. The second-order valence-electron chi connectivity index (χ2n) is 6.84. The van der Waals surface area contributed by atoms with Crippen LogP contribution < -0.4 is 0 Å². The zero-order chi connectivity index (χ0) is 17.1. The number of ether oxygens (including phenoxy) is 1. The van der Waals surface area contributed by atoms with Crippen LogP contribution in [0.3, 0.4) is 0 Å². The van der Waals surface area contributed by atoms with Gasteiger partial charge in [-0.05, 0) is 37.8 Å². The summed E-state index contributed by atoms with van der Waals surface area (Å²) in [6.45, 7) is 3.04. The van der Waals surface area contributed by atoms with Crippen LogP contribution in [-0.4, -0.2) is 51.1 Å². The van der Waals surface area contributed by atoms with Crippen LogP contribution in [0.5, 0.6) is 0 Å². The van der Waals surface area contributed by atoms with Crippen LogP contribution in [0.1, 0.15) is 43.1 Å². The number of carbonyl (C=O) groups excluding carboxylic acids is 1. The highest BCUT2D eigenvalue weighted by Gasteiger charge is 2.32. The number of aromatic nitrogens is 3. The Morgan fingerprint density at radius 1 is 1.16 bits per heavy atom. The number of imidazole rings is 1. The fourth-order valence-corrected chi connectivity index (χ4v) is 3.81. The molecule has 0 aromatic carbocycles. The van der Waals surface area contributed by atoms with E-state index in [1.807, 2.05) is 41.7 Å². The molecule has 0 N–H and O–H groups in total. The smallest absolute Gasteiger partial charge is 0.251 e. The molecule has 2 aliphatic rings. The molecule has 0 spiro atoms. The summed E-state index contributed by atoms with van der Waals surface area (Å²) in [5.41, 5.74) is 1.03. The highest BCUT2D eigenvalue weighted by atomic mass is 16.5. The van der Waals surface area contributed by atoms with Crippen molar-refractivity contribution < 1.29 is 9.53 Å². The normalized spacial score (nSPS) is 21.6. The predicted octanol–water partition coefficient (Wildman–Crippen LogP) is 2.21. The van der Waals surface area contributed by atoms with Gasteiger partial charge in [0.15, 0.2) is 0 Å². The molecule has 0 bridgehead atoms. The summed E-state index contributed by atoms with van der Waals surface area (Å²) in [4.78, 5) is 23.4. The summed E-state index contributed by atoms with van der Waals surface area (Å²) < 4.78 is 7.72. The predicted molar refractivity (Wildman–Crippen MR) is 93.1 cm³/mol. The van der Waals surface area contributed by atoms with Crippen molar-refractivity contribution in [1.82, 2.24) is 19.4 Å². The third-order valence-electron chi connectivity index (χ3n) is 5.18. The van der Waals surface area contributed by atoms with E-state index in [9.17, 15) is 4.79 Å². The van der Waals surface area contributed by atoms with Gasteiger partial charge in [0, 0.05) is 44.2 Å². The van der Waals surface area contributed by atoms with Crippen LogP contribution in [0.4, 0.5) is 0 Å². The van der Waals surface area contributed by atoms with Crippen LogP contribution in [0.2, 0.25) is 0 Å². The van der Waals surface area contributed by atoms with Crippen molar-refractivity contribution >= 4 is 5.91 Å². The largest absolute Gasteiger partial charge is 0.368 e. The van der Waals surface area contributed by atoms with Crippen molar-refractivity contribution in [3.8, 4) is 0 Å². The van der Waals surface area contributed by atoms with Gasteiger partial charge < -0.3 is 14.2 Å². The summed E-state index contributed by atoms with van der Waals surface area (Å²) in [5, 5.41) is 0. The quantitative estimate of drug-likeness (QED) is 0.856. The summed E-state index contributed by atoms with van der Waals surface area (Å²) in [5.74, 6) is 1.68. The monoisotopic (exact) mass is 340 g/mol. The maximum atomic E-state index is 12.5. The Morgan fingerprint density at radius 3 is 2.76 bits per heavy atom.